The van der Waals surface area contributed by atoms with E-state index in [1.54, 1.807) is 0 Å². The molecule has 15 nitrogen and oxygen atoms in total. The molecule has 0 aliphatic carbocycles. The number of unbranched alkanes of at least 4 members (excludes halogenated alkanes) is 1. The van der Waals surface area contributed by atoms with Gasteiger partial charge in [-0.2, -0.15) is 0 Å². The summed E-state index contributed by atoms with van der Waals surface area (Å²) in [7, 11) is 0. The third-order valence-electron chi connectivity index (χ3n) is 5.59. The zero-order chi connectivity index (χ0) is 29.5. The van der Waals surface area contributed by atoms with Gasteiger partial charge in [-0.25, -0.2) is 4.79 Å². The third-order valence-corrected chi connectivity index (χ3v) is 5.59. The van der Waals surface area contributed by atoms with Crippen LogP contribution in [0, 0.1) is 0 Å². The van der Waals surface area contributed by atoms with E-state index in [1.807, 2.05) is 0 Å². The van der Waals surface area contributed by atoms with Crippen molar-refractivity contribution in [3.63, 3.8) is 0 Å². The van der Waals surface area contributed by atoms with Gasteiger partial charge in [-0.3, -0.25) is 24.0 Å². The molecule has 15 heteroatoms. The number of aliphatic carboxylic acids is 3. The number of nitrogens with two attached hydrogens (primary N) is 2. The molecule has 1 rings (SSSR count). The Hall–Kier alpha value is -4.24. The Morgan fingerprint density at radius 1 is 0.744 bits per heavy atom. The highest BCUT2D eigenvalue weighted by atomic mass is 16.4. The summed E-state index contributed by atoms with van der Waals surface area (Å²) in [4.78, 5) is 72.2. The van der Waals surface area contributed by atoms with Crippen LogP contribution in [0.3, 0.4) is 0 Å². The number of benzene rings is 1. The van der Waals surface area contributed by atoms with Crippen LogP contribution in [-0.4, -0.2) is 86.8 Å². The van der Waals surface area contributed by atoms with Crippen LogP contribution in [-0.2, 0) is 35.2 Å². The van der Waals surface area contributed by atoms with E-state index in [0.29, 0.717) is 24.9 Å². The number of carboxylic acid groups (broad SMARTS) is 3. The standard InChI is InChI=1S/C24H35N5O10/c25-10-2-1-3-16(27-21(35)15(26)8-9-19(31)32)22(36)28-17(12-20(33)34)23(37)29-18(24(38)39)11-13-4-6-14(30)7-5-13/h4-7,15-18,30H,1-3,8-12,25-26H2,(H,27,35)(H,28,36)(H,29,37)(H,31,32)(H,33,34)(H,38,39). The van der Waals surface area contributed by atoms with Crippen molar-refractivity contribution >= 4 is 35.6 Å². The van der Waals surface area contributed by atoms with Crippen molar-refractivity contribution < 1.29 is 49.2 Å². The predicted molar refractivity (Wildman–Crippen MR) is 135 cm³/mol. The van der Waals surface area contributed by atoms with Crippen LogP contribution in [0.25, 0.3) is 0 Å². The summed E-state index contributed by atoms with van der Waals surface area (Å²) in [5, 5.41) is 43.8. The van der Waals surface area contributed by atoms with Gasteiger partial charge in [0.1, 0.15) is 23.9 Å². The molecule has 3 amide bonds. The molecule has 0 saturated carbocycles. The molecular weight excluding hydrogens is 518 g/mol. The van der Waals surface area contributed by atoms with Crippen LogP contribution in [0.1, 0.15) is 44.1 Å². The fraction of sp³-hybridized carbons (Fsp3) is 0.500. The Balaban J connectivity index is 3.01. The van der Waals surface area contributed by atoms with Crippen LogP contribution >= 0.6 is 0 Å². The van der Waals surface area contributed by atoms with Crippen LogP contribution in [0.2, 0.25) is 0 Å². The maximum absolute atomic E-state index is 13.0. The maximum atomic E-state index is 13.0. The number of phenols is 1. The normalized spacial score (nSPS) is 13.8. The monoisotopic (exact) mass is 553 g/mol. The minimum atomic E-state index is -1.69. The van der Waals surface area contributed by atoms with Crippen LogP contribution in [0.4, 0.5) is 0 Å². The third kappa shape index (κ3) is 12.7. The molecule has 216 valence electrons. The van der Waals surface area contributed by atoms with E-state index in [0.717, 1.165) is 0 Å². The van der Waals surface area contributed by atoms with Gasteiger partial charge in [0.05, 0.1) is 12.5 Å². The Bertz CT molecular complexity index is 1020. The second-order valence-electron chi connectivity index (χ2n) is 8.81. The van der Waals surface area contributed by atoms with Crippen LogP contribution in [0.5, 0.6) is 5.75 Å². The van der Waals surface area contributed by atoms with Crippen LogP contribution in [0.15, 0.2) is 24.3 Å². The Morgan fingerprint density at radius 3 is 1.85 bits per heavy atom. The number of hydrogen-bond donors (Lipinski definition) is 9. The SMILES string of the molecule is NCCCCC(NC(=O)C(N)CCC(=O)O)C(=O)NC(CC(=O)O)C(=O)NC(Cc1ccc(O)cc1)C(=O)O. The van der Waals surface area contributed by atoms with Gasteiger partial charge < -0.3 is 47.8 Å². The topological polar surface area (TPSA) is 271 Å². The molecular formula is C24H35N5O10. The Labute approximate surface area is 223 Å². The van der Waals surface area contributed by atoms with E-state index in [1.165, 1.54) is 24.3 Å². The molecule has 0 aromatic heterocycles. The van der Waals surface area contributed by atoms with E-state index >= 15 is 0 Å². The molecule has 4 unspecified atom stereocenters. The number of aromatic hydroxyl groups is 1. The lowest BCUT2D eigenvalue weighted by molar-refractivity contribution is -0.143. The van der Waals surface area contributed by atoms with Crippen molar-refractivity contribution in [1.82, 2.24) is 16.0 Å². The van der Waals surface area contributed by atoms with Gasteiger partial charge in [-0.1, -0.05) is 12.1 Å². The van der Waals surface area contributed by atoms with Gasteiger partial charge in [0.25, 0.3) is 0 Å². The minimum absolute atomic E-state index is 0.0464. The molecule has 39 heavy (non-hydrogen) atoms. The van der Waals surface area contributed by atoms with E-state index in [9.17, 15) is 44.1 Å². The first-order valence-corrected chi connectivity index (χ1v) is 12.1. The summed E-state index contributed by atoms with van der Waals surface area (Å²) in [5.41, 5.74) is 11.6. The molecule has 4 atom stereocenters. The average Bonchev–Trinajstić information content (AvgIpc) is 2.86. The molecule has 1 aromatic carbocycles. The summed E-state index contributed by atoms with van der Waals surface area (Å²) >= 11 is 0. The summed E-state index contributed by atoms with van der Waals surface area (Å²) in [6.07, 6.45) is -0.732. The zero-order valence-corrected chi connectivity index (χ0v) is 21.2. The molecule has 0 aliphatic heterocycles. The molecule has 0 radical (unpaired) electrons. The van der Waals surface area contributed by atoms with Crippen molar-refractivity contribution in [2.45, 2.75) is 69.1 Å². The van der Waals surface area contributed by atoms with Crippen molar-refractivity contribution in [3.05, 3.63) is 29.8 Å². The fourth-order valence-corrected chi connectivity index (χ4v) is 3.45. The predicted octanol–water partition coefficient (Wildman–Crippen LogP) is -1.73. The highest BCUT2D eigenvalue weighted by molar-refractivity contribution is 5.95. The van der Waals surface area contributed by atoms with Gasteiger partial charge in [-0.15, -0.1) is 0 Å². The lowest BCUT2D eigenvalue weighted by Crippen LogP contribution is -2.57. The lowest BCUT2D eigenvalue weighted by atomic mass is 10.0. The van der Waals surface area contributed by atoms with Crippen molar-refractivity contribution in [2.75, 3.05) is 6.54 Å². The van der Waals surface area contributed by atoms with Crippen molar-refractivity contribution in [3.8, 4) is 5.75 Å². The summed E-state index contributed by atoms with van der Waals surface area (Å²) in [5.74, 6) is -6.90. The Morgan fingerprint density at radius 2 is 1.31 bits per heavy atom. The highest BCUT2D eigenvalue weighted by Crippen LogP contribution is 2.12. The molecule has 0 saturated heterocycles. The molecule has 0 spiro atoms. The molecule has 1 aromatic rings. The number of carbonyl (C=O) groups excluding carboxylic acids is 3. The number of rotatable bonds is 18. The summed E-state index contributed by atoms with van der Waals surface area (Å²) in [6.45, 7) is 0.294. The molecule has 0 heterocycles. The quantitative estimate of drug-likeness (QED) is 0.0917. The molecule has 0 fully saturated rings. The van der Waals surface area contributed by atoms with E-state index in [-0.39, 0.29) is 31.4 Å². The zero-order valence-electron chi connectivity index (χ0n) is 21.2. The van der Waals surface area contributed by atoms with E-state index in [4.69, 9.17) is 16.6 Å². The van der Waals surface area contributed by atoms with E-state index in [2.05, 4.69) is 16.0 Å². The first-order chi connectivity index (χ1) is 18.3. The number of phenolic OH excluding ortho intramolecular Hbond substituents is 1. The number of carbonyl (C=O) groups is 6. The smallest absolute Gasteiger partial charge is 0.326 e. The molecule has 0 aliphatic rings. The van der Waals surface area contributed by atoms with Gasteiger partial charge in [0.2, 0.25) is 17.7 Å². The summed E-state index contributed by atoms with van der Waals surface area (Å²) < 4.78 is 0. The molecule has 11 N–H and O–H groups in total. The number of nitrogens with one attached hydrogen (secondary N) is 3. The lowest BCUT2D eigenvalue weighted by Gasteiger charge is -2.24. The minimum Gasteiger partial charge on any atom is -0.508 e. The van der Waals surface area contributed by atoms with Gasteiger partial charge >= 0.3 is 17.9 Å². The van der Waals surface area contributed by atoms with Crippen molar-refractivity contribution in [2.24, 2.45) is 11.5 Å². The number of amides is 3. The maximum Gasteiger partial charge on any atom is 0.326 e. The van der Waals surface area contributed by atoms with Gasteiger partial charge in [0, 0.05) is 12.8 Å². The van der Waals surface area contributed by atoms with E-state index < -0.39 is 66.2 Å². The largest absolute Gasteiger partial charge is 0.508 e. The number of hydrogen-bond acceptors (Lipinski definition) is 9. The molecule has 0 bridgehead atoms. The first-order valence-electron chi connectivity index (χ1n) is 12.1. The van der Waals surface area contributed by atoms with Crippen LogP contribution < -0.4 is 27.4 Å². The fourth-order valence-electron chi connectivity index (χ4n) is 3.45. The van der Waals surface area contributed by atoms with Gasteiger partial charge in [-0.05, 0) is 49.9 Å². The van der Waals surface area contributed by atoms with Crippen molar-refractivity contribution in [1.29, 1.82) is 0 Å². The second-order valence-corrected chi connectivity index (χ2v) is 8.81. The average molecular weight is 554 g/mol. The first kappa shape index (κ1) is 32.8. The Kier molecular flexibility index (Phi) is 13.9. The number of carboxylic acids is 3. The highest BCUT2D eigenvalue weighted by Gasteiger charge is 2.31. The van der Waals surface area contributed by atoms with Gasteiger partial charge in [0.15, 0.2) is 0 Å². The summed E-state index contributed by atoms with van der Waals surface area (Å²) in [6, 6.07) is -0.106. The second kappa shape index (κ2) is 16.6.